The van der Waals surface area contributed by atoms with Crippen molar-refractivity contribution in [2.24, 2.45) is 0 Å². The summed E-state index contributed by atoms with van der Waals surface area (Å²) in [7, 11) is 1.80. The van der Waals surface area contributed by atoms with Crippen LogP contribution in [0.15, 0.2) is 24.3 Å². The highest BCUT2D eigenvalue weighted by Gasteiger charge is 2.28. The van der Waals surface area contributed by atoms with Crippen LogP contribution in [0, 0.1) is 27.5 Å². The third-order valence-corrected chi connectivity index (χ3v) is 5.90. The molecule has 0 radical (unpaired) electrons. The number of nitro groups is 1. The number of nitrogens with zero attached hydrogens (tertiary/aromatic N) is 5. The van der Waals surface area contributed by atoms with Crippen LogP contribution in [0.1, 0.15) is 34.7 Å². The Morgan fingerprint density at radius 3 is 2.50 bits per heavy atom. The fraction of sp³-hybridized carbons (Fsp3) is 0.421. The van der Waals surface area contributed by atoms with Crippen molar-refractivity contribution in [3.8, 4) is 0 Å². The van der Waals surface area contributed by atoms with Crippen LogP contribution in [0.4, 0.5) is 11.5 Å². The number of carbonyl (C=O) groups excluding carboxylic acids is 1. The maximum atomic E-state index is 12.9. The van der Waals surface area contributed by atoms with Gasteiger partial charge in [0, 0.05) is 53.6 Å². The van der Waals surface area contributed by atoms with Gasteiger partial charge in [0.25, 0.3) is 11.6 Å². The summed E-state index contributed by atoms with van der Waals surface area (Å²) >= 11 is 1.98. The van der Waals surface area contributed by atoms with Gasteiger partial charge in [0.1, 0.15) is 11.6 Å². The molecule has 0 bridgehead atoms. The second-order valence-corrected chi connectivity index (χ2v) is 8.13. The number of carbonyl (C=O) groups is 1. The lowest BCUT2D eigenvalue weighted by atomic mass is 10.0. The van der Waals surface area contributed by atoms with Gasteiger partial charge >= 0.3 is 0 Å². The van der Waals surface area contributed by atoms with E-state index in [-0.39, 0.29) is 17.6 Å². The molecule has 0 unspecified atom stereocenters. The number of aromatic nitrogens is 2. The number of anilines is 1. The van der Waals surface area contributed by atoms with Crippen LogP contribution in [0.25, 0.3) is 0 Å². The second kappa shape index (κ2) is 8.38. The first-order chi connectivity index (χ1) is 13.3. The fourth-order valence-corrected chi connectivity index (χ4v) is 4.22. The minimum Gasteiger partial charge on any atom is -0.356 e. The molecule has 0 spiro atoms. The van der Waals surface area contributed by atoms with E-state index in [4.69, 9.17) is 0 Å². The molecule has 0 atom stereocenters. The molecule has 0 aliphatic carbocycles. The third kappa shape index (κ3) is 4.40. The van der Waals surface area contributed by atoms with Gasteiger partial charge in [-0.05, 0) is 55.3 Å². The molecule has 148 valence electrons. The van der Waals surface area contributed by atoms with Crippen molar-refractivity contribution in [1.29, 1.82) is 0 Å². The molecule has 0 saturated carbocycles. The largest absolute Gasteiger partial charge is 0.356 e. The van der Waals surface area contributed by atoms with E-state index < -0.39 is 4.92 Å². The molecule has 1 aromatic heterocycles. The van der Waals surface area contributed by atoms with E-state index >= 15 is 0 Å². The van der Waals surface area contributed by atoms with Gasteiger partial charge in [-0.1, -0.05) is 0 Å². The molecular weight excluding hydrogens is 473 g/mol. The van der Waals surface area contributed by atoms with Crippen LogP contribution in [0.3, 0.4) is 0 Å². The maximum absolute atomic E-state index is 12.9. The van der Waals surface area contributed by atoms with Crippen LogP contribution >= 0.6 is 22.6 Å². The first-order valence-corrected chi connectivity index (χ1v) is 10.1. The van der Waals surface area contributed by atoms with E-state index in [1.54, 1.807) is 18.0 Å². The Morgan fingerprint density at radius 2 is 1.93 bits per heavy atom. The van der Waals surface area contributed by atoms with Crippen LogP contribution in [0.2, 0.25) is 0 Å². The Balaban J connectivity index is 1.67. The maximum Gasteiger partial charge on any atom is 0.270 e. The van der Waals surface area contributed by atoms with Gasteiger partial charge in [-0.15, -0.1) is 0 Å². The molecule has 28 heavy (non-hydrogen) atoms. The SMILES string of the molecule is Cc1cc(N2CCC(N(C)C(=O)c3ccc([N+](=O)[O-])cc3I)CC2)nc(C)n1. The molecule has 1 aliphatic heterocycles. The highest BCUT2D eigenvalue weighted by molar-refractivity contribution is 14.1. The normalized spacial score (nSPS) is 14.8. The number of nitro benzene ring substituents is 1. The number of hydrogen-bond donors (Lipinski definition) is 0. The average Bonchev–Trinajstić information content (AvgIpc) is 2.66. The first-order valence-electron chi connectivity index (χ1n) is 9.04. The number of piperidine rings is 1. The van der Waals surface area contributed by atoms with Crippen LogP contribution in [-0.4, -0.2) is 51.9 Å². The number of hydrogen-bond acceptors (Lipinski definition) is 6. The minimum atomic E-state index is -0.452. The Hall–Kier alpha value is -2.30. The predicted molar refractivity (Wildman–Crippen MR) is 115 cm³/mol. The molecule has 1 fully saturated rings. The zero-order valence-electron chi connectivity index (χ0n) is 16.1. The summed E-state index contributed by atoms with van der Waals surface area (Å²) in [4.78, 5) is 36.2. The molecule has 1 aromatic carbocycles. The van der Waals surface area contributed by atoms with Gasteiger partial charge in [0.15, 0.2) is 0 Å². The van der Waals surface area contributed by atoms with Crippen LogP contribution < -0.4 is 4.90 Å². The second-order valence-electron chi connectivity index (χ2n) is 6.97. The van der Waals surface area contributed by atoms with Crippen molar-refractivity contribution >= 4 is 40.0 Å². The molecule has 2 heterocycles. The van der Waals surface area contributed by atoms with Crippen LogP contribution in [-0.2, 0) is 0 Å². The lowest BCUT2D eigenvalue weighted by Crippen LogP contribution is -2.46. The molecule has 0 N–H and O–H groups in total. The molecule has 2 aromatic rings. The molecule has 9 heteroatoms. The quantitative estimate of drug-likeness (QED) is 0.367. The monoisotopic (exact) mass is 495 g/mol. The third-order valence-electron chi connectivity index (χ3n) is 5.00. The van der Waals surface area contributed by atoms with Crippen molar-refractivity contribution in [2.75, 3.05) is 25.0 Å². The highest BCUT2D eigenvalue weighted by Crippen LogP contribution is 2.25. The first kappa shape index (κ1) is 20.4. The molecule has 3 rings (SSSR count). The number of benzene rings is 1. The summed E-state index contributed by atoms with van der Waals surface area (Å²) < 4.78 is 0.591. The van der Waals surface area contributed by atoms with E-state index in [0.29, 0.717) is 9.13 Å². The van der Waals surface area contributed by atoms with Gasteiger partial charge in [-0.25, -0.2) is 9.97 Å². The summed E-state index contributed by atoms with van der Waals surface area (Å²) in [5.41, 5.74) is 1.44. The highest BCUT2D eigenvalue weighted by atomic mass is 127. The lowest BCUT2D eigenvalue weighted by molar-refractivity contribution is -0.384. The summed E-state index contributed by atoms with van der Waals surface area (Å²) in [5.74, 6) is 1.59. The molecule has 8 nitrogen and oxygen atoms in total. The zero-order chi connectivity index (χ0) is 20.4. The molecule has 1 amide bonds. The zero-order valence-corrected chi connectivity index (χ0v) is 18.2. The molecular formula is C19H22IN5O3. The van der Waals surface area contributed by atoms with Gasteiger partial charge in [-0.3, -0.25) is 14.9 Å². The van der Waals surface area contributed by atoms with Gasteiger partial charge in [0.05, 0.1) is 10.5 Å². The fourth-order valence-electron chi connectivity index (χ4n) is 3.49. The van der Waals surface area contributed by atoms with E-state index in [1.807, 2.05) is 42.5 Å². The van der Waals surface area contributed by atoms with Gasteiger partial charge < -0.3 is 9.80 Å². The Morgan fingerprint density at radius 1 is 1.25 bits per heavy atom. The molecule has 1 aliphatic rings. The predicted octanol–water partition coefficient (Wildman–Crippen LogP) is 3.35. The molecule has 1 saturated heterocycles. The topological polar surface area (TPSA) is 92.5 Å². The van der Waals surface area contributed by atoms with E-state index in [9.17, 15) is 14.9 Å². The number of rotatable bonds is 4. The van der Waals surface area contributed by atoms with E-state index in [1.165, 1.54) is 12.1 Å². The summed E-state index contributed by atoms with van der Waals surface area (Å²) in [6, 6.07) is 6.47. The number of amides is 1. The standard InChI is InChI=1S/C19H22IN5O3/c1-12-10-18(22-13(2)21-12)24-8-6-14(7-9-24)23(3)19(26)16-5-4-15(25(27)28)11-17(16)20/h4-5,10-11,14H,6-9H2,1-3H3. The van der Waals surface area contributed by atoms with Gasteiger partial charge in [0.2, 0.25) is 0 Å². The number of halogens is 1. The Kier molecular flexibility index (Phi) is 6.11. The number of non-ortho nitro benzene ring substituents is 1. The summed E-state index contributed by atoms with van der Waals surface area (Å²) in [5, 5.41) is 10.9. The van der Waals surface area contributed by atoms with E-state index in [0.717, 1.165) is 43.3 Å². The van der Waals surface area contributed by atoms with Crippen molar-refractivity contribution in [3.05, 3.63) is 55.0 Å². The van der Waals surface area contributed by atoms with Crippen molar-refractivity contribution in [3.63, 3.8) is 0 Å². The lowest BCUT2D eigenvalue weighted by Gasteiger charge is -2.37. The summed E-state index contributed by atoms with van der Waals surface area (Å²) in [6.07, 6.45) is 1.68. The minimum absolute atomic E-state index is 0.00708. The van der Waals surface area contributed by atoms with Gasteiger partial charge in [-0.2, -0.15) is 0 Å². The Labute approximate surface area is 177 Å². The number of aryl methyl sites for hydroxylation is 2. The Bertz CT molecular complexity index is 892. The van der Waals surface area contributed by atoms with E-state index in [2.05, 4.69) is 14.9 Å². The van der Waals surface area contributed by atoms with Crippen molar-refractivity contribution < 1.29 is 9.72 Å². The van der Waals surface area contributed by atoms with Crippen molar-refractivity contribution in [2.45, 2.75) is 32.7 Å². The van der Waals surface area contributed by atoms with Crippen molar-refractivity contribution in [1.82, 2.24) is 14.9 Å². The summed E-state index contributed by atoms with van der Waals surface area (Å²) in [6.45, 7) is 5.48. The average molecular weight is 495 g/mol. The van der Waals surface area contributed by atoms with Crippen LogP contribution in [0.5, 0.6) is 0 Å². The smallest absolute Gasteiger partial charge is 0.270 e.